The second-order valence-electron chi connectivity index (χ2n) is 9.15. The van der Waals surface area contributed by atoms with Crippen LogP contribution in [0.1, 0.15) is 57.9 Å². The molecule has 0 spiro atoms. The number of hydrogen-bond acceptors (Lipinski definition) is 3. The molecule has 2 amide bonds. The van der Waals surface area contributed by atoms with E-state index in [9.17, 15) is 9.59 Å². The van der Waals surface area contributed by atoms with Gasteiger partial charge < -0.3 is 10.2 Å². The number of nitrogens with zero attached hydrogens (tertiary/aromatic N) is 2. The summed E-state index contributed by atoms with van der Waals surface area (Å²) in [5.41, 5.74) is 1.21. The first-order valence-corrected chi connectivity index (χ1v) is 11.9. The van der Waals surface area contributed by atoms with Gasteiger partial charge in [-0.3, -0.25) is 14.5 Å². The molecule has 1 saturated heterocycles. The van der Waals surface area contributed by atoms with Gasteiger partial charge >= 0.3 is 0 Å². The first kappa shape index (κ1) is 22.8. The van der Waals surface area contributed by atoms with Crippen molar-refractivity contribution in [2.24, 2.45) is 11.8 Å². The zero-order valence-corrected chi connectivity index (χ0v) is 18.8. The number of piperazine rings is 1. The van der Waals surface area contributed by atoms with Crippen LogP contribution in [-0.2, 0) is 16.0 Å². The van der Waals surface area contributed by atoms with Crippen molar-refractivity contribution >= 4 is 11.8 Å². The molecule has 1 N–H and O–H groups in total. The average molecular weight is 414 g/mol. The molecule has 1 aromatic rings. The first-order valence-electron chi connectivity index (χ1n) is 11.9. The Morgan fingerprint density at radius 1 is 1.07 bits per heavy atom. The van der Waals surface area contributed by atoms with Crippen LogP contribution in [0.3, 0.4) is 0 Å². The highest BCUT2D eigenvalue weighted by atomic mass is 16.2. The molecular formula is C25H39N3O2. The SMILES string of the molecule is CCC(C)CNC(=O)C(C1CCCC1)N1CCN(C(=O)CCc2ccccc2)CC1. The van der Waals surface area contributed by atoms with E-state index in [-0.39, 0.29) is 17.9 Å². The van der Waals surface area contributed by atoms with Gasteiger partial charge in [0.2, 0.25) is 11.8 Å². The summed E-state index contributed by atoms with van der Waals surface area (Å²) in [6, 6.07) is 10.2. The Labute approximate surface area is 182 Å². The molecule has 2 atom stereocenters. The molecule has 2 aliphatic rings. The topological polar surface area (TPSA) is 52.7 Å². The number of carbonyl (C=O) groups excluding carboxylic acids is 2. The smallest absolute Gasteiger partial charge is 0.237 e. The Balaban J connectivity index is 1.51. The lowest BCUT2D eigenvalue weighted by atomic mass is 9.94. The first-order chi connectivity index (χ1) is 14.6. The molecule has 0 aromatic heterocycles. The van der Waals surface area contributed by atoms with Crippen molar-refractivity contribution in [3.05, 3.63) is 35.9 Å². The fourth-order valence-electron chi connectivity index (χ4n) is 4.78. The highest BCUT2D eigenvalue weighted by Gasteiger charge is 2.37. The minimum Gasteiger partial charge on any atom is -0.354 e. The van der Waals surface area contributed by atoms with Gasteiger partial charge in [-0.15, -0.1) is 0 Å². The molecule has 30 heavy (non-hydrogen) atoms. The predicted octanol–water partition coefficient (Wildman–Crippen LogP) is 3.48. The standard InChI is InChI=1S/C25H39N3O2/c1-3-20(2)19-26-25(30)24(22-11-7-8-12-22)28-17-15-27(16-18-28)23(29)14-13-21-9-5-4-6-10-21/h4-6,9-10,20,22,24H,3,7-8,11-19H2,1-2H3,(H,26,30). The van der Waals surface area contributed by atoms with Crippen molar-refractivity contribution in [3.63, 3.8) is 0 Å². The zero-order valence-electron chi connectivity index (χ0n) is 18.8. The van der Waals surface area contributed by atoms with E-state index in [0.29, 0.717) is 18.3 Å². The summed E-state index contributed by atoms with van der Waals surface area (Å²) in [5.74, 6) is 1.41. The molecule has 0 radical (unpaired) electrons. The van der Waals surface area contributed by atoms with E-state index in [1.807, 2.05) is 23.1 Å². The summed E-state index contributed by atoms with van der Waals surface area (Å²) in [6.07, 6.45) is 7.21. The van der Waals surface area contributed by atoms with E-state index in [2.05, 4.69) is 36.2 Å². The van der Waals surface area contributed by atoms with Gasteiger partial charge in [0.05, 0.1) is 6.04 Å². The molecule has 1 aromatic carbocycles. The third-order valence-electron chi connectivity index (χ3n) is 6.97. The normalized spacial score (nSPS) is 20.1. The highest BCUT2D eigenvalue weighted by molar-refractivity contribution is 5.82. The van der Waals surface area contributed by atoms with E-state index in [1.165, 1.54) is 18.4 Å². The van der Waals surface area contributed by atoms with Gasteiger partial charge in [-0.25, -0.2) is 0 Å². The number of benzene rings is 1. The van der Waals surface area contributed by atoms with Crippen molar-refractivity contribution < 1.29 is 9.59 Å². The fraction of sp³-hybridized carbons (Fsp3) is 0.680. The molecule has 5 nitrogen and oxygen atoms in total. The van der Waals surface area contributed by atoms with Crippen molar-refractivity contribution in [1.82, 2.24) is 15.1 Å². The third kappa shape index (κ3) is 6.31. The van der Waals surface area contributed by atoms with Gasteiger partial charge in [-0.1, -0.05) is 63.4 Å². The van der Waals surface area contributed by atoms with Gasteiger partial charge in [-0.2, -0.15) is 0 Å². The van der Waals surface area contributed by atoms with Crippen LogP contribution in [-0.4, -0.2) is 60.4 Å². The third-order valence-corrected chi connectivity index (χ3v) is 6.97. The van der Waals surface area contributed by atoms with Gasteiger partial charge in [0.25, 0.3) is 0 Å². The van der Waals surface area contributed by atoms with E-state index in [4.69, 9.17) is 0 Å². The van der Waals surface area contributed by atoms with Crippen LogP contribution in [0.4, 0.5) is 0 Å². The lowest BCUT2D eigenvalue weighted by Crippen LogP contribution is -2.58. The molecule has 5 heteroatoms. The average Bonchev–Trinajstić information content (AvgIpc) is 3.31. The lowest BCUT2D eigenvalue weighted by molar-refractivity contribution is -0.135. The number of aryl methyl sites for hydroxylation is 1. The molecule has 3 rings (SSSR count). The molecular weight excluding hydrogens is 374 g/mol. The maximum absolute atomic E-state index is 13.1. The monoisotopic (exact) mass is 413 g/mol. The van der Waals surface area contributed by atoms with Crippen molar-refractivity contribution in [2.75, 3.05) is 32.7 Å². The molecule has 1 saturated carbocycles. The number of carbonyl (C=O) groups is 2. The van der Waals surface area contributed by atoms with E-state index in [1.54, 1.807) is 0 Å². The van der Waals surface area contributed by atoms with Crippen LogP contribution in [0.5, 0.6) is 0 Å². The largest absolute Gasteiger partial charge is 0.354 e. The molecule has 2 fully saturated rings. The lowest BCUT2D eigenvalue weighted by Gasteiger charge is -2.41. The minimum atomic E-state index is -0.0295. The Kier molecular flexibility index (Phi) is 8.74. The minimum absolute atomic E-state index is 0.0295. The van der Waals surface area contributed by atoms with E-state index < -0.39 is 0 Å². The second kappa shape index (κ2) is 11.5. The van der Waals surface area contributed by atoms with Crippen molar-refractivity contribution in [1.29, 1.82) is 0 Å². The van der Waals surface area contributed by atoms with Crippen LogP contribution in [0.25, 0.3) is 0 Å². The number of hydrogen-bond donors (Lipinski definition) is 1. The van der Waals surface area contributed by atoms with Crippen LogP contribution < -0.4 is 5.32 Å². The number of amides is 2. The van der Waals surface area contributed by atoms with Gasteiger partial charge in [0, 0.05) is 39.1 Å². The maximum atomic E-state index is 13.1. The summed E-state index contributed by atoms with van der Waals surface area (Å²) < 4.78 is 0. The summed E-state index contributed by atoms with van der Waals surface area (Å²) in [5, 5.41) is 3.22. The van der Waals surface area contributed by atoms with Crippen molar-refractivity contribution in [3.8, 4) is 0 Å². The van der Waals surface area contributed by atoms with Crippen LogP contribution >= 0.6 is 0 Å². The van der Waals surface area contributed by atoms with E-state index >= 15 is 0 Å². The fourth-order valence-corrected chi connectivity index (χ4v) is 4.78. The molecule has 1 heterocycles. The Morgan fingerprint density at radius 3 is 2.37 bits per heavy atom. The summed E-state index contributed by atoms with van der Waals surface area (Å²) in [4.78, 5) is 30.1. The van der Waals surface area contributed by atoms with Gasteiger partial charge in [-0.05, 0) is 36.7 Å². The Morgan fingerprint density at radius 2 is 1.73 bits per heavy atom. The van der Waals surface area contributed by atoms with Crippen LogP contribution in [0.15, 0.2) is 30.3 Å². The molecule has 1 aliphatic heterocycles. The Bertz CT molecular complexity index is 664. The molecule has 0 bridgehead atoms. The van der Waals surface area contributed by atoms with Crippen LogP contribution in [0, 0.1) is 11.8 Å². The van der Waals surface area contributed by atoms with Crippen LogP contribution in [0.2, 0.25) is 0 Å². The van der Waals surface area contributed by atoms with E-state index in [0.717, 1.165) is 58.4 Å². The van der Waals surface area contributed by atoms with Crippen molar-refractivity contribution in [2.45, 2.75) is 64.8 Å². The van der Waals surface area contributed by atoms with Gasteiger partial charge in [0.15, 0.2) is 0 Å². The number of nitrogens with one attached hydrogen (secondary N) is 1. The molecule has 1 aliphatic carbocycles. The molecule has 166 valence electrons. The predicted molar refractivity (Wildman–Crippen MR) is 121 cm³/mol. The summed E-state index contributed by atoms with van der Waals surface area (Å²) in [6.45, 7) is 8.18. The Hall–Kier alpha value is -1.88. The number of rotatable bonds is 9. The highest BCUT2D eigenvalue weighted by Crippen LogP contribution is 2.31. The molecule has 2 unspecified atom stereocenters. The maximum Gasteiger partial charge on any atom is 0.237 e. The quantitative estimate of drug-likeness (QED) is 0.674. The second-order valence-corrected chi connectivity index (χ2v) is 9.15. The zero-order chi connectivity index (χ0) is 21.3. The summed E-state index contributed by atoms with van der Waals surface area (Å²) >= 11 is 0. The summed E-state index contributed by atoms with van der Waals surface area (Å²) in [7, 11) is 0. The van der Waals surface area contributed by atoms with Gasteiger partial charge in [0.1, 0.15) is 0 Å².